The first-order valence-corrected chi connectivity index (χ1v) is 9.11. The minimum Gasteiger partial charge on any atom is -0.334 e. The van der Waals surface area contributed by atoms with E-state index in [1.165, 1.54) is 0 Å². The topological polar surface area (TPSA) is 109 Å². The molecule has 8 heteroatoms. The van der Waals surface area contributed by atoms with Crippen molar-refractivity contribution in [2.24, 2.45) is 0 Å². The largest absolute Gasteiger partial charge is 0.334 e. The number of nitriles is 1. The van der Waals surface area contributed by atoms with Crippen LogP contribution in [0, 0.1) is 11.3 Å². The first-order chi connectivity index (χ1) is 12.0. The fourth-order valence-electron chi connectivity index (χ4n) is 2.08. The second-order valence-corrected chi connectivity index (χ2v) is 7.21. The van der Waals surface area contributed by atoms with Crippen LogP contribution < -0.4 is 4.72 Å². The van der Waals surface area contributed by atoms with E-state index >= 15 is 0 Å². The van der Waals surface area contributed by atoms with Crippen LogP contribution in [0.2, 0.25) is 0 Å². The molecule has 0 unspecified atom stereocenters. The maximum absolute atomic E-state index is 11.6. The molecule has 3 rings (SSSR count). The predicted molar refractivity (Wildman–Crippen MR) is 93.0 cm³/mol. The van der Waals surface area contributed by atoms with Gasteiger partial charge in [-0.2, -0.15) is 10.2 Å². The van der Waals surface area contributed by atoms with Gasteiger partial charge in [0.15, 0.2) is 0 Å². The van der Waals surface area contributed by atoms with Crippen molar-refractivity contribution >= 4 is 15.7 Å². The third-order valence-electron chi connectivity index (χ3n) is 3.48. The van der Waals surface area contributed by atoms with E-state index in [0.717, 1.165) is 0 Å². The zero-order valence-corrected chi connectivity index (χ0v) is 14.1. The van der Waals surface area contributed by atoms with Crippen LogP contribution >= 0.6 is 0 Å². The average molecular weight is 354 g/mol. The molecule has 0 radical (unpaired) electrons. The van der Waals surface area contributed by atoms with E-state index in [2.05, 4.69) is 14.9 Å². The highest BCUT2D eigenvalue weighted by Crippen LogP contribution is 2.23. The molecule has 1 aromatic heterocycles. The van der Waals surface area contributed by atoms with E-state index in [-0.39, 0.29) is 5.75 Å². The predicted octanol–water partition coefficient (Wildman–Crippen LogP) is 3.04. The number of rotatable bonds is 5. The summed E-state index contributed by atoms with van der Waals surface area (Å²) in [7, 11) is -3.31. The Balaban J connectivity index is 1.81. The van der Waals surface area contributed by atoms with Crippen molar-refractivity contribution in [1.29, 1.82) is 5.26 Å². The van der Waals surface area contributed by atoms with Crippen molar-refractivity contribution in [2.45, 2.75) is 6.92 Å². The second kappa shape index (κ2) is 6.75. The van der Waals surface area contributed by atoms with Crippen LogP contribution in [0.15, 0.2) is 53.1 Å². The van der Waals surface area contributed by atoms with Crippen molar-refractivity contribution < 1.29 is 12.9 Å². The Morgan fingerprint density at radius 1 is 1.08 bits per heavy atom. The summed E-state index contributed by atoms with van der Waals surface area (Å²) in [4.78, 5) is 4.33. The highest BCUT2D eigenvalue weighted by Gasteiger charge is 2.12. The lowest BCUT2D eigenvalue weighted by molar-refractivity contribution is 0.432. The van der Waals surface area contributed by atoms with Crippen LogP contribution in [0.1, 0.15) is 12.5 Å². The summed E-state index contributed by atoms with van der Waals surface area (Å²) in [6, 6.07) is 15.6. The van der Waals surface area contributed by atoms with Gasteiger partial charge in [0.05, 0.1) is 17.4 Å². The zero-order chi connectivity index (χ0) is 17.9. The number of nitrogens with zero attached hydrogens (tertiary/aromatic N) is 3. The normalized spacial score (nSPS) is 11.0. The molecule has 0 saturated carbocycles. The second-order valence-electron chi connectivity index (χ2n) is 5.20. The first kappa shape index (κ1) is 16.7. The number of nitrogens with one attached hydrogen (secondary N) is 1. The van der Waals surface area contributed by atoms with Crippen LogP contribution in [-0.2, 0) is 10.0 Å². The minimum absolute atomic E-state index is 0.00748. The molecule has 2 aromatic carbocycles. The SMILES string of the molecule is CCS(=O)(=O)Nc1ccc(-c2noc(-c3ccc(C#N)cc3)n2)cc1. The summed E-state index contributed by atoms with van der Waals surface area (Å²) >= 11 is 0. The fraction of sp³-hybridized carbons (Fsp3) is 0.118. The van der Waals surface area contributed by atoms with E-state index in [4.69, 9.17) is 9.78 Å². The molecule has 25 heavy (non-hydrogen) atoms. The van der Waals surface area contributed by atoms with Gasteiger partial charge in [0.25, 0.3) is 5.89 Å². The molecule has 0 fully saturated rings. The zero-order valence-electron chi connectivity index (χ0n) is 13.3. The molecule has 1 N–H and O–H groups in total. The molecule has 1 heterocycles. The van der Waals surface area contributed by atoms with Crippen LogP contribution in [-0.4, -0.2) is 24.3 Å². The molecule has 7 nitrogen and oxygen atoms in total. The summed E-state index contributed by atoms with van der Waals surface area (Å²) in [5.74, 6) is 0.743. The van der Waals surface area contributed by atoms with Gasteiger partial charge >= 0.3 is 0 Å². The third kappa shape index (κ3) is 3.84. The Labute approximate surface area is 145 Å². The Morgan fingerprint density at radius 3 is 2.32 bits per heavy atom. The molecule has 0 aliphatic heterocycles. The maximum Gasteiger partial charge on any atom is 0.258 e. The molecule has 0 spiro atoms. The molecule has 0 bridgehead atoms. The number of hydrogen-bond acceptors (Lipinski definition) is 6. The number of anilines is 1. The quantitative estimate of drug-likeness (QED) is 0.754. The Bertz CT molecular complexity index is 1020. The van der Waals surface area contributed by atoms with Gasteiger partial charge in [0, 0.05) is 16.8 Å². The van der Waals surface area contributed by atoms with Crippen LogP contribution in [0.3, 0.4) is 0 Å². The summed E-state index contributed by atoms with van der Waals surface area (Å²) in [5, 5.41) is 12.8. The average Bonchev–Trinajstić information content (AvgIpc) is 3.12. The van der Waals surface area contributed by atoms with E-state index in [9.17, 15) is 8.42 Å². The summed E-state index contributed by atoms with van der Waals surface area (Å²) in [6.45, 7) is 1.57. The fourth-order valence-corrected chi connectivity index (χ4v) is 2.72. The van der Waals surface area contributed by atoms with Crippen molar-refractivity contribution in [1.82, 2.24) is 10.1 Å². The molecule has 0 saturated heterocycles. The standard InChI is InChI=1S/C17H14N4O3S/c1-2-25(22,23)21-15-9-7-13(8-10-15)16-19-17(24-20-16)14-5-3-12(11-18)4-6-14/h3-10,21H,2H2,1H3. The van der Waals surface area contributed by atoms with Gasteiger partial charge in [-0.15, -0.1) is 0 Å². The minimum atomic E-state index is -3.31. The van der Waals surface area contributed by atoms with Gasteiger partial charge in [0.2, 0.25) is 15.8 Å². The molecule has 0 aliphatic rings. The van der Waals surface area contributed by atoms with Crippen molar-refractivity contribution in [2.75, 3.05) is 10.5 Å². The number of aromatic nitrogens is 2. The van der Waals surface area contributed by atoms with Gasteiger partial charge < -0.3 is 4.52 Å². The number of benzene rings is 2. The molecular formula is C17H14N4O3S. The van der Waals surface area contributed by atoms with Gasteiger partial charge in [-0.1, -0.05) is 5.16 Å². The van der Waals surface area contributed by atoms with Crippen molar-refractivity contribution in [3.05, 3.63) is 54.1 Å². The summed E-state index contributed by atoms with van der Waals surface area (Å²) < 4.78 is 30.8. The first-order valence-electron chi connectivity index (χ1n) is 7.46. The lowest BCUT2D eigenvalue weighted by Gasteiger charge is -2.05. The van der Waals surface area contributed by atoms with Crippen LogP contribution in [0.5, 0.6) is 0 Å². The van der Waals surface area contributed by atoms with E-state index < -0.39 is 10.0 Å². The molecule has 0 aliphatic carbocycles. The Morgan fingerprint density at radius 2 is 1.72 bits per heavy atom. The summed E-state index contributed by atoms with van der Waals surface area (Å²) in [6.07, 6.45) is 0. The molecule has 0 amide bonds. The smallest absolute Gasteiger partial charge is 0.258 e. The molecule has 3 aromatic rings. The monoisotopic (exact) mass is 354 g/mol. The van der Waals surface area contributed by atoms with E-state index in [1.807, 2.05) is 6.07 Å². The highest BCUT2D eigenvalue weighted by molar-refractivity contribution is 7.92. The van der Waals surface area contributed by atoms with Gasteiger partial charge in [-0.05, 0) is 55.5 Å². The number of hydrogen-bond donors (Lipinski definition) is 1. The Hall–Kier alpha value is -3.18. The lowest BCUT2D eigenvalue weighted by Crippen LogP contribution is -2.14. The molecule has 126 valence electrons. The maximum atomic E-state index is 11.6. The molecular weight excluding hydrogens is 340 g/mol. The van der Waals surface area contributed by atoms with Gasteiger partial charge in [-0.3, -0.25) is 4.72 Å². The number of sulfonamides is 1. The third-order valence-corrected chi connectivity index (χ3v) is 4.79. The molecule has 0 atom stereocenters. The van der Waals surface area contributed by atoms with E-state index in [1.54, 1.807) is 55.5 Å². The van der Waals surface area contributed by atoms with Crippen molar-refractivity contribution in [3.63, 3.8) is 0 Å². The lowest BCUT2D eigenvalue weighted by atomic mass is 10.1. The van der Waals surface area contributed by atoms with Gasteiger partial charge in [0.1, 0.15) is 0 Å². The van der Waals surface area contributed by atoms with Crippen LogP contribution in [0.25, 0.3) is 22.8 Å². The van der Waals surface area contributed by atoms with Crippen molar-refractivity contribution in [3.8, 4) is 28.9 Å². The van der Waals surface area contributed by atoms with Crippen LogP contribution in [0.4, 0.5) is 5.69 Å². The highest BCUT2D eigenvalue weighted by atomic mass is 32.2. The Kier molecular flexibility index (Phi) is 4.50. The van der Waals surface area contributed by atoms with E-state index in [0.29, 0.717) is 34.1 Å². The van der Waals surface area contributed by atoms with Gasteiger partial charge in [-0.25, -0.2) is 8.42 Å². The summed E-state index contributed by atoms with van der Waals surface area (Å²) in [5.41, 5.74) is 2.43.